The summed E-state index contributed by atoms with van der Waals surface area (Å²) in [5.41, 5.74) is 2.67. The number of amides is 1. The van der Waals surface area contributed by atoms with Crippen LogP contribution in [0.1, 0.15) is 38.7 Å². The lowest BCUT2D eigenvalue weighted by Crippen LogP contribution is -2.30. The molecule has 0 saturated carbocycles. The van der Waals surface area contributed by atoms with E-state index >= 15 is 0 Å². The highest BCUT2D eigenvalue weighted by molar-refractivity contribution is 5.91. The quantitative estimate of drug-likeness (QED) is 0.892. The molecule has 1 atom stereocenters. The molecule has 2 aromatic heterocycles. The highest BCUT2D eigenvalue weighted by Gasteiger charge is 2.25. The molecule has 2 N–H and O–H groups in total. The van der Waals surface area contributed by atoms with E-state index in [1.165, 1.54) is 6.92 Å². The van der Waals surface area contributed by atoms with Gasteiger partial charge in [-0.3, -0.25) is 15.1 Å². The summed E-state index contributed by atoms with van der Waals surface area (Å²) in [5, 5.41) is 6.01. The molecular weight excluding hydrogens is 304 g/mol. The van der Waals surface area contributed by atoms with Gasteiger partial charge in [0, 0.05) is 32.3 Å². The van der Waals surface area contributed by atoms with Crippen LogP contribution in [-0.4, -0.2) is 47.0 Å². The Balaban J connectivity index is 2.09. The fourth-order valence-corrected chi connectivity index (χ4v) is 2.96. The summed E-state index contributed by atoms with van der Waals surface area (Å²) in [4.78, 5) is 27.3. The standard InChI is InChI=1S/C17H24N6O/c1-10(2)12-7-14-15(19-8-12)16(22-17(21-14)20-11(3)24)23-6-5-13(9-23)18-4/h7-8,10,13,18H,5-6,9H2,1-4H3,(H,20,21,22,24)/t13-/m1/s1. The summed E-state index contributed by atoms with van der Waals surface area (Å²) in [6, 6.07) is 2.48. The number of likely N-dealkylation sites (N-methyl/N-ethyl adjacent to an activating group) is 1. The summed E-state index contributed by atoms with van der Waals surface area (Å²) in [6.07, 6.45) is 2.95. The first-order valence-corrected chi connectivity index (χ1v) is 8.35. The minimum Gasteiger partial charge on any atom is -0.353 e. The average Bonchev–Trinajstić information content (AvgIpc) is 3.01. The maximum atomic E-state index is 11.4. The van der Waals surface area contributed by atoms with Crippen molar-refractivity contribution < 1.29 is 4.79 Å². The molecule has 128 valence electrons. The van der Waals surface area contributed by atoms with Gasteiger partial charge in [-0.2, -0.15) is 4.98 Å². The van der Waals surface area contributed by atoms with Crippen LogP contribution in [-0.2, 0) is 4.79 Å². The molecule has 0 aromatic carbocycles. The molecule has 1 fully saturated rings. The Bertz CT molecular complexity index is 760. The van der Waals surface area contributed by atoms with Gasteiger partial charge in [-0.25, -0.2) is 4.98 Å². The lowest BCUT2D eigenvalue weighted by Gasteiger charge is -2.20. The first-order chi connectivity index (χ1) is 11.5. The highest BCUT2D eigenvalue weighted by atomic mass is 16.1. The van der Waals surface area contributed by atoms with Crippen LogP contribution in [0.15, 0.2) is 12.3 Å². The number of rotatable bonds is 4. The Hall–Kier alpha value is -2.28. The molecule has 24 heavy (non-hydrogen) atoms. The summed E-state index contributed by atoms with van der Waals surface area (Å²) < 4.78 is 0. The molecule has 1 saturated heterocycles. The Morgan fingerprint density at radius 2 is 2.17 bits per heavy atom. The van der Waals surface area contributed by atoms with Gasteiger partial charge in [0.2, 0.25) is 11.9 Å². The zero-order valence-electron chi connectivity index (χ0n) is 14.6. The van der Waals surface area contributed by atoms with Crippen molar-refractivity contribution in [3.8, 4) is 0 Å². The first-order valence-electron chi connectivity index (χ1n) is 8.35. The third-order valence-corrected chi connectivity index (χ3v) is 4.39. The lowest BCUT2D eigenvalue weighted by molar-refractivity contribution is -0.114. The molecule has 3 rings (SSSR count). The number of aromatic nitrogens is 3. The van der Waals surface area contributed by atoms with Crippen molar-refractivity contribution in [3.63, 3.8) is 0 Å². The van der Waals surface area contributed by atoms with E-state index in [0.717, 1.165) is 41.9 Å². The van der Waals surface area contributed by atoms with E-state index in [0.29, 0.717) is 17.9 Å². The number of carbonyl (C=O) groups excluding carboxylic acids is 1. The van der Waals surface area contributed by atoms with E-state index in [1.54, 1.807) is 0 Å². The van der Waals surface area contributed by atoms with E-state index in [1.807, 2.05) is 19.3 Å². The van der Waals surface area contributed by atoms with Gasteiger partial charge in [0.25, 0.3) is 0 Å². The minimum atomic E-state index is -0.178. The van der Waals surface area contributed by atoms with Gasteiger partial charge in [-0.15, -0.1) is 0 Å². The molecule has 1 aliphatic heterocycles. The van der Waals surface area contributed by atoms with Crippen LogP contribution in [0.4, 0.5) is 11.8 Å². The molecular formula is C17H24N6O. The van der Waals surface area contributed by atoms with Crippen LogP contribution in [0.3, 0.4) is 0 Å². The van der Waals surface area contributed by atoms with Gasteiger partial charge in [-0.1, -0.05) is 13.8 Å². The molecule has 0 unspecified atom stereocenters. The van der Waals surface area contributed by atoms with Crippen LogP contribution in [0, 0.1) is 0 Å². The van der Waals surface area contributed by atoms with Crippen molar-refractivity contribution in [2.45, 2.75) is 39.2 Å². The number of fused-ring (bicyclic) bond motifs is 1. The van der Waals surface area contributed by atoms with Gasteiger partial charge in [0.1, 0.15) is 5.52 Å². The normalized spacial score (nSPS) is 17.7. The molecule has 0 spiro atoms. The average molecular weight is 328 g/mol. The van der Waals surface area contributed by atoms with E-state index in [9.17, 15) is 4.79 Å². The maximum Gasteiger partial charge on any atom is 0.232 e. The summed E-state index contributed by atoms with van der Waals surface area (Å²) in [7, 11) is 1.97. The molecule has 1 aliphatic rings. The number of anilines is 2. The van der Waals surface area contributed by atoms with Crippen molar-refractivity contribution in [3.05, 3.63) is 17.8 Å². The van der Waals surface area contributed by atoms with Crippen LogP contribution >= 0.6 is 0 Å². The summed E-state index contributed by atoms with van der Waals surface area (Å²) in [5.74, 6) is 1.31. The van der Waals surface area contributed by atoms with Crippen LogP contribution in [0.2, 0.25) is 0 Å². The fourth-order valence-electron chi connectivity index (χ4n) is 2.96. The van der Waals surface area contributed by atoms with E-state index in [4.69, 9.17) is 0 Å². The van der Waals surface area contributed by atoms with Gasteiger partial charge in [0.15, 0.2) is 5.82 Å². The zero-order chi connectivity index (χ0) is 17.3. The molecule has 0 radical (unpaired) electrons. The van der Waals surface area contributed by atoms with Gasteiger partial charge >= 0.3 is 0 Å². The number of nitrogens with one attached hydrogen (secondary N) is 2. The monoisotopic (exact) mass is 328 g/mol. The third-order valence-electron chi connectivity index (χ3n) is 4.39. The van der Waals surface area contributed by atoms with Crippen molar-refractivity contribution in [1.29, 1.82) is 0 Å². The van der Waals surface area contributed by atoms with Gasteiger partial charge < -0.3 is 10.2 Å². The second-order valence-electron chi connectivity index (χ2n) is 6.56. The topological polar surface area (TPSA) is 83.0 Å². The second kappa shape index (κ2) is 6.68. The minimum absolute atomic E-state index is 0.178. The maximum absolute atomic E-state index is 11.4. The van der Waals surface area contributed by atoms with Gasteiger partial charge in [0.05, 0.1) is 5.52 Å². The number of carbonyl (C=O) groups is 1. The van der Waals surface area contributed by atoms with E-state index in [-0.39, 0.29) is 5.91 Å². The molecule has 0 aliphatic carbocycles. The SMILES string of the molecule is CN[C@@H]1CCN(c2nc(NC(C)=O)nc3cc(C(C)C)cnc23)C1. The summed E-state index contributed by atoms with van der Waals surface area (Å²) >= 11 is 0. The number of nitrogens with zero attached hydrogens (tertiary/aromatic N) is 4. The van der Waals surface area contributed by atoms with Crippen LogP contribution in [0.25, 0.3) is 11.0 Å². The highest BCUT2D eigenvalue weighted by Crippen LogP contribution is 2.28. The van der Waals surface area contributed by atoms with Crippen LogP contribution < -0.4 is 15.5 Å². The molecule has 7 heteroatoms. The fraction of sp³-hybridized carbons (Fsp3) is 0.529. The van der Waals surface area contributed by atoms with Crippen LogP contribution in [0.5, 0.6) is 0 Å². The van der Waals surface area contributed by atoms with Crippen molar-refractivity contribution in [2.24, 2.45) is 0 Å². The smallest absolute Gasteiger partial charge is 0.232 e. The Morgan fingerprint density at radius 1 is 1.38 bits per heavy atom. The largest absolute Gasteiger partial charge is 0.353 e. The molecule has 3 heterocycles. The Morgan fingerprint density at radius 3 is 2.79 bits per heavy atom. The van der Waals surface area contributed by atoms with E-state index < -0.39 is 0 Å². The van der Waals surface area contributed by atoms with Crippen molar-refractivity contribution in [1.82, 2.24) is 20.3 Å². The Kier molecular flexibility index (Phi) is 4.62. The van der Waals surface area contributed by atoms with Crippen molar-refractivity contribution in [2.75, 3.05) is 30.4 Å². The molecule has 1 amide bonds. The predicted octanol–water partition coefficient (Wildman–Crippen LogP) is 1.90. The van der Waals surface area contributed by atoms with Crippen molar-refractivity contribution >= 4 is 28.7 Å². The van der Waals surface area contributed by atoms with E-state index in [2.05, 4.69) is 44.3 Å². The van der Waals surface area contributed by atoms with Gasteiger partial charge in [-0.05, 0) is 31.0 Å². The number of hydrogen-bond donors (Lipinski definition) is 2. The molecule has 7 nitrogen and oxygen atoms in total. The molecule has 2 aromatic rings. The molecule has 0 bridgehead atoms. The second-order valence-corrected chi connectivity index (χ2v) is 6.56. The zero-order valence-corrected chi connectivity index (χ0v) is 14.6. The predicted molar refractivity (Wildman–Crippen MR) is 95.4 cm³/mol. The number of pyridine rings is 1. The Labute approximate surface area is 141 Å². The first kappa shape index (κ1) is 16.6. The summed E-state index contributed by atoms with van der Waals surface area (Å²) in [6.45, 7) is 7.48. The third kappa shape index (κ3) is 3.31. The number of hydrogen-bond acceptors (Lipinski definition) is 6. The lowest BCUT2D eigenvalue weighted by atomic mass is 10.1.